The van der Waals surface area contributed by atoms with E-state index in [-0.39, 0.29) is 24.6 Å². The standard InChI is InChI=1S/C20H26N2O2/c1-16(19-11-7-4-8-12-19)21-20(24)17(2)22(13-14-23)15-18-9-5-3-6-10-18/h3-12,16-17,23H,13-15H2,1-2H3,(H,21,24). The Balaban J connectivity index is 2.00. The monoisotopic (exact) mass is 326 g/mol. The lowest BCUT2D eigenvalue weighted by Crippen LogP contribution is -2.46. The fraction of sp³-hybridized carbons (Fsp3) is 0.350. The number of aliphatic hydroxyl groups excluding tert-OH is 1. The number of hydrogen-bond donors (Lipinski definition) is 2. The Morgan fingerprint density at radius 3 is 2.21 bits per heavy atom. The van der Waals surface area contributed by atoms with Crippen molar-refractivity contribution in [2.24, 2.45) is 0 Å². The predicted molar refractivity (Wildman–Crippen MR) is 96.4 cm³/mol. The summed E-state index contributed by atoms with van der Waals surface area (Å²) >= 11 is 0. The molecule has 0 spiro atoms. The highest BCUT2D eigenvalue weighted by Crippen LogP contribution is 2.13. The van der Waals surface area contributed by atoms with Gasteiger partial charge in [-0.3, -0.25) is 9.69 Å². The lowest BCUT2D eigenvalue weighted by Gasteiger charge is -2.29. The molecular formula is C20H26N2O2. The van der Waals surface area contributed by atoms with Gasteiger partial charge in [-0.05, 0) is 25.0 Å². The van der Waals surface area contributed by atoms with Gasteiger partial charge in [-0.25, -0.2) is 0 Å². The summed E-state index contributed by atoms with van der Waals surface area (Å²) in [6.07, 6.45) is 0. The first-order valence-corrected chi connectivity index (χ1v) is 8.36. The summed E-state index contributed by atoms with van der Waals surface area (Å²) in [4.78, 5) is 14.6. The highest BCUT2D eigenvalue weighted by Gasteiger charge is 2.22. The Bertz CT molecular complexity index is 616. The number of benzene rings is 2. The number of carbonyl (C=O) groups excluding carboxylic acids is 1. The maximum Gasteiger partial charge on any atom is 0.237 e. The minimum atomic E-state index is -0.316. The fourth-order valence-corrected chi connectivity index (χ4v) is 2.68. The summed E-state index contributed by atoms with van der Waals surface area (Å²) in [6, 6.07) is 19.5. The SMILES string of the molecule is CC(NC(=O)C(C)N(CCO)Cc1ccccc1)c1ccccc1. The van der Waals surface area contributed by atoms with Crippen LogP contribution in [0.1, 0.15) is 31.0 Å². The first-order chi connectivity index (χ1) is 11.6. The summed E-state index contributed by atoms with van der Waals surface area (Å²) < 4.78 is 0. The molecule has 0 saturated carbocycles. The molecule has 2 aromatic rings. The van der Waals surface area contributed by atoms with E-state index in [0.29, 0.717) is 13.1 Å². The molecule has 1 amide bonds. The van der Waals surface area contributed by atoms with Crippen molar-refractivity contribution in [2.45, 2.75) is 32.5 Å². The lowest BCUT2D eigenvalue weighted by atomic mass is 10.1. The van der Waals surface area contributed by atoms with Crippen molar-refractivity contribution in [1.82, 2.24) is 10.2 Å². The first-order valence-electron chi connectivity index (χ1n) is 8.36. The third-order valence-electron chi connectivity index (χ3n) is 4.20. The normalized spacial score (nSPS) is 13.5. The summed E-state index contributed by atoms with van der Waals surface area (Å²) in [5, 5.41) is 12.4. The summed E-state index contributed by atoms with van der Waals surface area (Å²) in [7, 11) is 0. The molecule has 0 bridgehead atoms. The number of carbonyl (C=O) groups is 1. The molecule has 24 heavy (non-hydrogen) atoms. The van der Waals surface area contributed by atoms with Crippen molar-refractivity contribution in [3.63, 3.8) is 0 Å². The van der Waals surface area contributed by atoms with E-state index in [9.17, 15) is 9.90 Å². The molecule has 2 rings (SSSR count). The Hall–Kier alpha value is -2.17. The second kappa shape index (κ2) is 9.21. The number of hydrogen-bond acceptors (Lipinski definition) is 3. The summed E-state index contributed by atoms with van der Waals surface area (Å²) in [5.74, 6) is -0.0317. The largest absolute Gasteiger partial charge is 0.395 e. The van der Waals surface area contributed by atoms with Crippen LogP contribution >= 0.6 is 0 Å². The lowest BCUT2D eigenvalue weighted by molar-refractivity contribution is -0.127. The van der Waals surface area contributed by atoms with E-state index in [4.69, 9.17) is 0 Å². The van der Waals surface area contributed by atoms with Gasteiger partial charge in [-0.2, -0.15) is 0 Å². The molecule has 4 heteroatoms. The molecule has 2 N–H and O–H groups in total. The zero-order chi connectivity index (χ0) is 17.4. The molecule has 0 saturated heterocycles. The number of amides is 1. The summed E-state index contributed by atoms with van der Waals surface area (Å²) in [6.45, 7) is 4.98. The average Bonchev–Trinajstić information content (AvgIpc) is 2.62. The van der Waals surface area contributed by atoms with Crippen LogP contribution in [0.4, 0.5) is 0 Å². The van der Waals surface area contributed by atoms with E-state index in [1.165, 1.54) is 0 Å². The Morgan fingerprint density at radius 2 is 1.62 bits per heavy atom. The topological polar surface area (TPSA) is 52.6 Å². The van der Waals surface area contributed by atoms with Gasteiger partial charge >= 0.3 is 0 Å². The molecule has 2 atom stereocenters. The van der Waals surface area contributed by atoms with Crippen LogP contribution in [0.2, 0.25) is 0 Å². The average molecular weight is 326 g/mol. The van der Waals surface area contributed by atoms with Crippen molar-refractivity contribution in [2.75, 3.05) is 13.2 Å². The summed E-state index contributed by atoms with van der Waals surface area (Å²) in [5.41, 5.74) is 2.21. The van der Waals surface area contributed by atoms with Gasteiger partial charge in [0.2, 0.25) is 5.91 Å². The van der Waals surface area contributed by atoms with Gasteiger partial charge in [-0.15, -0.1) is 0 Å². The van der Waals surface area contributed by atoms with Crippen molar-refractivity contribution >= 4 is 5.91 Å². The van der Waals surface area contributed by atoms with Crippen LogP contribution in [-0.4, -0.2) is 35.1 Å². The third-order valence-corrected chi connectivity index (χ3v) is 4.20. The third kappa shape index (κ3) is 5.18. The first kappa shape index (κ1) is 18.2. The number of nitrogens with zero attached hydrogens (tertiary/aromatic N) is 1. The predicted octanol–water partition coefficient (Wildman–Crippen LogP) is 2.75. The van der Waals surface area contributed by atoms with E-state index < -0.39 is 0 Å². The molecular weight excluding hydrogens is 300 g/mol. The molecule has 0 aromatic heterocycles. The molecule has 2 aromatic carbocycles. The van der Waals surface area contributed by atoms with E-state index in [1.54, 1.807) is 0 Å². The van der Waals surface area contributed by atoms with Gasteiger partial charge in [0.15, 0.2) is 0 Å². The van der Waals surface area contributed by atoms with Crippen LogP contribution in [0.5, 0.6) is 0 Å². The molecule has 0 radical (unpaired) electrons. The van der Waals surface area contributed by atoms with Gasteiger partial charge < -0.3 is 10.4 Å². The zero-order valence-electron chi connectivity index (χ0n) is 14.4. The number of aliphatic hydroxyl groups is 1. The smallest absolute Gasteiger partial charge is 0.237 e. The minimum absolute atomic E-state index is 0.0265. The highest BCUT2D eigenvalue weighted by atomic mass is 16.3. The van der Waals surface area contributed by atoms with Crippen LogP contribution in [0.25, 0.3) is 0 Å². The van der Waals surface area contributed by atoms with Crippen LogP contribution in [0.3, 0.4) is 0 Å². The quantitative estimate of drug-likeness (QED) is 0.784. The maximum absolute atomic E-state index is 12.6. The van der Waals surface area contributed by atoms with E-state index in [1.807, 2.05) is 79.4 Å². The molecule has 0 aliphatic carbocycles. The van der Waals surface area contributed by atoms with Crippen molar-refractivity contribution in [3.05, 3.63) is 71.8 Å². The van der Waals surface area contributed by atoms with Crippen LogP contribution in [-0.2, 0) is 11.3 Å². The molecule has 0 fully saturated rings. The minimum Gasteiger partial charge on any atom is -0.395 e. The Morgan fingerprint density at radius 1 is 1.04 bits per heavy atom. The molecule has 0 aliphatic rings. The molecule has 0 aliphatic heterocycles. The van der Waals surface area contributed by atoms with Crippen molar-refractivity contribution in [1.29, 1.82) is 0 Å². The van der Waals surface area contributed by atoms with Crippen LogP contribution in [0, 0.1) is 0 Å². The van der Waals surface area contributed by atoms with Crippen LogP contribution in [0.15, 0.2) is 60.7 Å². The maximum atomic E-state index is 12.6. The second-order valence-electron chi connectivity index (χ2n) is 6.00. The van der Waals surface area contributed by atoms with Gasteiger partial charge in [0.1, 0.15) is 0 Å². The molecule has 128 valence electrons. The van der Waals surface area contributed by atoms with Gasteiger partial charge in [0.05, 0.1) is 18.7 Å². The fourth-order valence-electron chi connectivity index (χ4n) is 2.68. The van der Waals surface area contributed by atoms with Gasteiger partial charge in [0, 0.05) is 13.1 Å². The second-order valence-corrected chi connectivity index (χ2v) is 6.00. The van der Waals surface area contributed by atoms with E-state index >= 15 is 0 Å². The van der Waals surface area contributed by atoms with E-state index in [2.05, 4.69) is 5.32 Å². The molecule has 4 nitrogen and oxygen atoms in total. The molecule has 0 heterocycles. The molecule has 2 unspecified atom stereocenters. The number of nitrogens with one attached hydrogen (secondary N) is 1. The Kier molecular flexibility index (Phi) is 6.97. The highest BCUT2D eigenvalue weighted by molar-refractivity contribution is 5.81. The van der Waals surface area contributed by atoms with Gasteiger partial charge in [0.25, 0.3) is 0 Å². The zero-order valence-corrected chi connectivity index (χ0v) is 14.4. The Labute approximate surface area is 144 Å². The van der Waals surface area contributed by atoms with E-state index in [0.717, 1.165) is 11.1 Å². The van der Waals surface area contributed by atoms with Crippen molar-refractivity contribution < 1.29 is 9.90 Å². The number of rotatable bonds is 8. The van der Waals surface area contributed by atoms with Crippen LogP contribution < -0.4 is 5.32 Å². The van der Waals surface area contributed by atoms with Crippen molar-refractivity contribution in [3.8, 4) is 0 Å². The van der Waals surface area contributed by atoms with Gasteiger partial charge in [-0.1, -0.05) is 60.7 Å².